The Labute approximate surface area is 180 Å². The van der Waals surface area contributed by atoms with Gasteiger partial charge in [-0.05, 0) is 30.0 Å². The number of hydrogen-bond acceptors (Lipinski definition) is 3. The normalized spacial score (nSPS) is 13.5. The van der Waals surface area contributed by atoms with Gasteiger partial charge in [0.2, 0.25) is 0 Å². The average Bonchev–Trinajstić information content (AvgIpc) is 2.74. The van der Waals surface area contributed by atoms with Gasteiger partial charge in [-0.2, -0.15) is 0 Å². The lowest BCUT2D eigenvalue weighted by atomic mass is 9.96. The standard InChI is InChI=1S/C23H21Cl2N3O/c1-14(2)15-6-8-16(9-7-15)22-17-10-11-28(12-20(17)26-13-27-22)23(29)18-4-3-5-19(24)21(18)25/h3-9,13-14H,10-12H2,1-2H3. The van der Waals surface area contributed by atoms with E-state index in [2.05, 4.69) is 48.1 Å². The van der Waals surface area contributed by atoms with Gasteiger partial charge in [-0.25, -0.2) is 9.97 Å². The Kier molecular flexibility index (Phi) is 5.57. The zero-order valence-corrected chi connectivity index (χ0v) is 17.8. The summed E-state index contributed by atoms with van der Waals surface area (Å²) >= 11 is 12.3. The van der Waals surface area contributed by atoms with E-state index in [9.17, 15) is 4.79 Å². The second-order valence-corrected chi connectivity index (χ2v) is 8.29. The van der Waals surface area contributed by atoms with E-state index in [0.29, 0.717) is 41.0 Å². The smallest absolute Gasteiger partial charge is 0.255 e. The summed E-state index contributed by atoms with van der Waals surface area (Å²) in [5, 5.41) is 0.669. The molecule has 1 amide bonds. The summed E-state index contributed by atoms with van der Waals surface area (Å²) in [6.45, 7) is 5.37. The molecule has 6 heteroatoms. The van der Waals surface area contributed by atoms with Gasteiger partial charge in [0.15, 0.2) is 0 Å². The van der Waals surface area contributed by atoms with Crippen LogP contribution < -0.4 is 0 Å². The molecule has 0 radical (unpaired) electrons. The topological polar surface area (TPSA) is 46.1 Å². The molecule has 0 saturated heterocycles. The minimum absolute atomic E-state index is 0.135. The number of carbonyl (C=O) groups excluding carboxylic acids is 1. The Morgan fingerprint density at radius 2 is 1.83 bits per heavy atom. The molecule has 1 aromatic heterocycles. The van der Waals surface area contributed by atoms with Gasteiger partial charge in [-0.15, -0.1) is 0 Å². The maximum atomic E-state index is 13.0. The highest BCUT2D eigenvalue weighted by Crippen LogP contribution is 2.31. The minimum atomic E-state index is -0.135. The molecule has 0 unspecified atom stereocenters. The third kappa shape index (κ3) is 3.87. The van der Waals surface area contributed by atoms with Crippen LogP contribution >= 0.6 is 23.2 Å². The predicted molar refractivity (Wildman–Crippen MR) is 116 cm³/mol. The van der Waals surface area contributed by atoms with E-state index < -0.39 is 0 Å². The van der Waals surface area contributed by atoms with E-state index in [0.717, 1.165) is 22.5 Å². The van der Waals surface area contributed by atoms with Gasteiger partial charge in [0.05, 0.1) is 33.5 Å². The lowest BCUT2D eigenvalue weighted by Gasteiger charge is -2.29. The van der Waals surface area contributed by atoms with Crippen LogP contribution in [-0.2, 0) is 13.0 Å². The van der Waals surface area contributed by atoms with Crippen molar-refractivity contribution in [3.05, 3.63) is 81.2 Å². The van der Waals surface area contributed by atoms with Crippen molar-refractivity contribution in [1.29, 1.82) is 0 Å². The zero-order valence-electron chi connectivity index (χ0n) is 16.3. The van der Waals surface area contributed by atoms with Crippen LogP contribution in [0.3, 0.4) is 0 Å². The zero-order chi connectivity index (χ0) is 20.5. The highest BCUT2D eigenvalue weighted by atomic mass is 35.5. The quantitative estimate of drug-likeness (QED) is 0.534. The minimum Gasteiger partial charge on any atom is -0.332 e. The van der Waals surface area contributed by atoms with Crippen LogP contribution in [0.2, 0.25) is 10.0 Å². The number of rotatable bonds is 3. The molecule has 0 bridgehead atoms. The number of nitrogens with zero attached hydrogens (tertiary/aromatic N) is 3. The monoisotopic (exact) mass is 425 g/mol. The van der Waals surface area contributed by atoms with Gasteiger partial charge in [-0.3, -0.25) is 4.79 Å². The SMILES string of the molecule is CC(C)c1ccc(-c2ncnc3c2CCN(C(=O)c2cccc(Cl)c2Cl)C3)cc1. The number of amides is 1. The first-order valence-corrected chi connectivity index (χ1v) is 10.4. The number of benzene rings is 2. The summed E-state index contributed by atoms with van der Waals surface area (Å²) in [5.41, 5.74) is 5.71. The average molecular weight is 426 g/mol. The molecule has 2 aromatic carbocycles. The van der Waals surface area contributed by atoms with Crippen molar-refractivity contribution < 1.29 is 4.79 Å². The van der Waals surface area contributed by atoms with Crippen molar-refractivity contribution in [2.24, 2.45) is 0 Å². The first-order valence-electron chi connectivity index (χ1n) is 9.62. The largest absolute Gasteiger partial charge is 0.332 e. The molecule has 0 atom stereocenters. The molecule has 3 aromatic rings. The van der Waals surface area contributed by atoms with Crippen molar-refractivity contribution in [3.63, 3.8) is 0 Å². The van der Waals surface area contributed by atoms with E-state index >= 15 is 0 Å². The Morgan fingerprint density at radius 1 is 1.07 bits per heavy atom. The van der Waals surface area contributed by atoms with E-state index in [1.54, 1.807) is 29.4 Å². The van der Waals surface area contributed by atoms with E-state index in [1.807, 2.05) is 0 Å². The summed E-state index contributed by atoms with van der Waals surface area (Å²) in [6, 6.07) is 13.6. The second kappa shape index (κ2) is 8.13. The lowest BCUT2D eigenvalue weighted by molar-refractivity contribution is 0.0732. The van der Waals surface area contributed by atoms with Gasteiger partial charge in [0.25, 0.3) is 5.91 Å². The first-order chi connectivity index (χ1) is 14.0. The second-order valence-electron chi connectivity index (χ2n) is 7.50. The third-order valence-corrected chi connectivity index (χ3v) is 6.15. The van der Waals surface area contributed by atoms with Crippen LogP contribution in [0.4, 0.5) is 0 Å². The number of hydrogen-bond donors (Lipinski definition) is 0. The molecule has 0 fully saturated rings. The molecule has 1 aliphatic rings. The highest BCUT2D eigenvalue weighted by molar-refractivity contribution is 6.43. The van der Waals surface area contributed by atoms with Crippen LogP contribution in [-0.4, -0.2) is 27.3 Å². The van der Waals surface area contributed by atoms with Gasteiger partial charge >= 0.3 is 0 Å². The summed E-state index contributed by atoms with van der Waals surface area (Å²) in [6.07, 6.45) is 2.27. The lowest BCUT2D eigenvalue weighted by Crippen LogP contribution is -2.37. The summed E-state index contributed by atoms with van der Waals surface area (Å²) < 4.78 is 0. The van der Waals surface area contributed by atoms with Crippen LogP contribution in [0.25, 0.3) is 11.3 Å². The van der Waals surface area contributed by atoms with Crippen molar-refractivity contribution in [1.82, 2.24) is 14.9 Å². The Bertz CT molecular complexity index is 1060. The molecule has 0 saturated carbocycles. The number of aromatic nitrogens is 2. The molecular weight excluding hydrogens is 405 g/mol. The van der Waals surface area contributed by atoms with Gasteiger partial charge in [-0.1, -0.05) is 67.4 Å². The molecule has 0 spiro atoms. The summed E-state index contributed by atoms with van der Waals surface area (Å²) in [7, 11) is 0. The van der Waals surface area contributed by atoms with E-state index in [1.165, 1.54) is 5.56 Å². The Hall–Kier alpha value is -2.43. The van der Waals surface area contributed by atoms with Crippen molar-refractivity contribution in [3.8, 4) is 11.3 Å². The van der Waals surface area contributed by atoms with Crippen LogP contribution in [0, 0.1) is 0 Å². The fraction of sp³-hybridized carbons (Fsp3) is 0.261. The van der Waals surface area contributed by atoms with E-state index in [-0.39, 0.29) is 5.91 Å². The molecule has 2 heterocycles. The Morgan fingerprint density at radius 3 is 2.55 bits per heavy atom. The van der Waals surface area contributed by atoms with Crippen LogP contribution in [0.5, 0.6) is 0 Å². The van der Waals surface area contributed by atoms with Gasteiger partial charge in [0.1, 0.15) is 6.33 Å². The van der Waals surface area contributed by atoms with Crippen LogP contribution in [0.15, 0.2) is 48.8 Å². The molecule has 4 nitrogen and oxygen atoms in total. The molecule has 4 rings (SSSR count). The van der Waals surface area contributed by atoms with Gasteiger partial charge in [0, 0.05) is 17.7 Å². The molecule has 0 aliphatic carbocycles. The molecule has 148 valence electrons. The summed E-state index contributed by atoms with van der Waals surface area (Å²) in [5.74, 6) is 0.353. The molecule has 1 aliphatic heterocycles. The maximum Gasteiger partial charge on any atom is 0.255 e. The number of carbonyl (C=O) groups is 1. The Balaban J connectivity index is 1.62. The van der Waals surface area contributed by atoms with Gasteiger partial charge < -0.3 is 4.90 Å². The van der Waals surface area contributed by atoms with Crippen LogP contribution in [0.1, 0.15) is 46.9 Å². The number of halogens is 2. The number of fused-ring (bicyclic) bond motifs is 1. The third-order valence-electron chi connectivity index (χ3n) is 5.33. The van der Waals surface area contributed by atoms with Crippen molar-refractivity contribution in [2.75, 3.05) is 6.54 Å². The molecule has 0 N–H and O–H groups in total. The molecule has 29 heavy (non-hydrogen) atoms. The fourth-order valence-corrected chi connectivity index (χ4v) is 4.02. The predicted octanol–water partition coefficient (Wildman–Crippen LogP) is 5.77. The van der Waals surface area contributed by atoms with Crippen molar-refractivity contribution >= 4 is 29.1 Å². The van der Waals surface area contributed by atoms with E-state index in [4.69, 9.17) is 23.2 Å². The first kappa shape index (κ1) is 19.9. The molecular formula is C23H21Cl2N3O. The van der Waals surface area contributed by atoms with Crippen molar-refractivity contribution in [2.45, 2.75) is 32.7 Å². The fourth-order valence-electron chi connectivity index (χ4n) is 3.64. The maximum absolute atomic E-state index is 13.0. The summed E-state index contributed by atoms with van der Waals surface area (Å²) in [4.78, 5) is 23.7. The highest BCUT2D eigenvalue weighted by Gasteiger charge is 2.26.